The van der Waals surface area contributed by atoms with Gasteiger partial charge in [0.25, 0.3) is 5.91 Å². The van der Waals surface area contributed by atoms with Crippen LogP contribution in [0.2, 0.25) is 0 Å². The number of aromatic nitrogens is 3. The van der Waals surface area contributed by atoms with Gasteiger partial charge in [0, 0.05) is 42.2 Å². The summed E-state index contributed by atoms with van der Waals surface area (Å²) in [6.07, 6.45) is 5.95. The fraction of sp³-hybridized carbons (Fsp3) is 0.286. The lowest BCUT2D eigenvalue weighted by molar-refractivity contribution is 0.0948. The van der Waals surface area contributed by atoms with Gasteiger partial charge < -0.3 is 5.32 Å². The predicted octanol–water partition coefficient (Wildman–Crippen LogP) is 4.96. The molecule has 0 aliphatic carbocycles. The summed E-state index contributed by atoms with van der Waals surface area (Å²) < 4.78 is 2.96. The zero-order valence-electron chi connectivity index (χ0n) is 20.5. The molecular weight excluding hydrogens is 502 g/mol. The molecule has 1 N–H and O–H groups in total. The number of rotatable bonds is 7. The normalized spacial score (nSPS) is 16.2. The van der Waals surface area contributed by atoms with E-state index in [1.807, 2.05) is 52.9 Å². The number of benzene rings is 1. The van der Waals surface area contributed by atoms with Gasteiger partial charge >= 0.3 is 0 Å². The molecule has 0 radical (unpaired) electrons. The molecule has 1 aliphatic rings. The SMILES string of the molecule is CC1CCCN1CCNC(=O)c1c(=O)c2cc(SCc3ccccn3)cnc2n2c1sc1ccccc12. The molecule has 1 unspecified atom stereocenters. The van der Waals surface area contributed by atoms with E-state index < -0.39 is 0 Å². The number of thiazole rings is 1. The second-order valence-electron chi connectivity index (χ2n) is 9.35. The van der Waals surface area contributed by atoms with E-state index in [4.69, 9.17) is 4.98 Å². The van der Waals surface area contributed by atoms with Crippen molar-refractivity contribution in [3.63, 3.8) is 0 Å². The molecule has 37 heavy (non-hydrogen) atoms. The number of carbonyl (C=O) groups excluding carboxylic acids is 1. The van der Waals surface area contributed by atoms with E-state index in [1.54, 1.807) is 24.2 Å². The first-order valence-corrected chi connectivity index (χ1v) is 14.3. The van der Waals surface area contributed by atoms with Crippen molar-refractivity contribution in [2.75, 3.05) is 19.6 Å². The number of pyridine rings is 3. The van der Waals surface area contributed by atoms with Gasteiger partial charge in [0.05, 0.1) is 21.3 Å². The third-order valence-electron chi connectivity index (χ3n) is 6.97. The summed E-state index contributed by atoms with van der Waals surface area (Å²) in [5, 5.41) is 3.48. The average Bonchev–Trinajstić information content (AvgIpc) is 3.51. The van der Waals surface area contributed by atoms with Gasteiger partial charge in [-0.05, 0) is 56.6 Å². The van der Waals surface area contributed by atoms with Gasteiger partial charge in [-0.1, -0.05) is 18.2 Å². The van der Waals surface area contributed by atoms with Crippen LogP contribution >= 0.6 is 23.1 Å². The largest absolute Gasteiger partial charge is 0.351 e. The van der Waals surface area contributed by atoms with Crippen LogP contribution in [0.1, 0.15) is 35.8 Å². The van der Waals surface area contributed by atoms with Crippen molar-refractivity contribution in [1.29, 1.82) is 0 Å². The minimum atomic E-state index is -0.325. The van der Waals surface area contributed by atoms with E-state index in [0.29, 0.717) is 34.2 Å². The number of hydrogen-bond donors (Lipinski definition) is 1. The van der Waals surface area contributed by atoms with Crippen LogP contribution in [0.5, 0.6) is 0 Å². The van der Waals surface area contributed by atoms with E-state index in [-0.39, 0.29) is 16.9 Å². The van der Waals surface area contributed by atoms with Crippen LogP contribution in [0.15, 0.2) is 70.6 Å². The summed E-state index contributed by atoms with van der Waals surface area (Å²) in [6.45, 7) is 4.58. The van der Waals surface area contributed by atoms with E-state index in [0.717, 1.165) is 33.9 Å². The molecule has 9 heteroatoms. The molecule has 1 saturated heterocycles. The molecular formula is C28H27N5O2S2. The number of carbonyl (C=O) groups is 1. The van der Waals surface area contributed by atoms with Crippen molar-refractivity contribution in [3.8, 4) is 0 Å². The van der Waals surface area contributed by atoms with Gasteiger partial charge in [0.2, 0.25) is 5.43 Å². The van der Waals surface area contributed by atoms with Crippen molar-refractivity contribution >= 4 is 55.1 Å². The molecule has 0 bridgehead atoms. The highest BCUT2D eigenvalue weighted by Gasteiger charge is 2.24. The number of fused-ring (bicyclic) bond motifs is 5. The second-order valence-corrected chi connectivity index (χ2v) is 11.4. The van der Waals surface area contributed by atoms with Crippen LogP contribution in [-0.4, -0.2) is 50.9 Å². The zero-order chi connectivity index (χ0) is 25.4. The maximum atomic E-state index is 13.8. The van der Waals surface area contributed by atoms with Crippen LogP contribution in [0.3, 0.4) is 0 Å². The summed E-state index contributed by atoms with van der Waals surface area (Å²) in [7, 11) is 0. The smallest absolute Gasteiger partial charge is 0.258 e. The minimum Gasteiger partial charge on any atom is -0.351 e. The van der Waals surface area contributed by atoms with Gasteiger partial charge in [-0.25, -0.2) is 4.98 Å². The lowest BCUT2D eigenvalue weighted by Gasteiger charge is -2.20. The standard InChI is InChI=1S/C28H27N5O2S2/c1-18-7-6-13-32(18)14-12-30-27(35)24-25(34)21-15-20(36-17-19-8-4-5-11-29-19)16-31-26(21)33-22-9-2-3-10-23(22)37-28(24)33/h2-5,8-11,15-16,18H,6-7,12-14,17H2,1H3,(H,30,35). The Morgan fingerprint density at radius 3 is 2.86 bits per heavy atom. The first-order valence-electron chi connectivity index (χ1n) is 12.5. The van der Waals surface area contributed by atoms with Crippen molar-refractivity contribution in [2.45, 2.75) is 36.5 Å². The van der Waals surface area contributed by atoms with Crippen molar-refractivity contribution in [2.24, 2.45) is 0 Å². The lowest BCUT2D eigenvalue weighted by Crippen LogP contribution is -2.38. The fourth-order valence-electron chi connectivity index (χ4n) is 5.02. The molecule has 0 saturated carbocycles. The maximum Gasteiger partial charge on any atom is 0.258 e. The molecule has 1 aromatic carbocycles. The summed E-state index contributed by atoms with van der Waals surface area (Å²) in [4.78, 5) is 40.3. The molecule has 4 aromatic heterocycles. The molecule has 0 spiro atoms. The Labute approximate surface area is 222 Å². The minimum absolute atomic E-state index is 0.192. The van der Waals surface area contributed by atoms with Gasteiger partial charge in [-0.15, -0.1) is 23.1 Å². The van der Waals surface area contributed by atoms with Crippen LogP contribution in [0, 0.1) is 0 Å². The Morgan fingerprint density at radius 1 is 1.19 bits per heavy atom. The molecule has 7 nitrogen and oxygen atoms in total. The number of hydrogen-bond acceptors (Lipinski definition) is 7. The van der Waals surface area contributed by atoms with E-state index in [2.05, 4.69) is 22.1 Å². The van der Waals surface area contributed by atoms with Gasteiger partial charge in [-0.3, -0.25) is 23.9 Å². The van der Waals surface area contributed by atoms with Gasteiger partial charge in [-0.2, -0.15) is 0 Å². The maximum absolute atomic E-state index is 13.8. The number of nitrogens with one attached hydrogen (secondary N) is 1. The highest BCUT2D eigenvalue weighted by Crippen LogP contribution is 2.32. The highest BCUT2D eigenvalue weighted by atomic mass is 32.2. The molecule has 1 fully saturated rings. The Balaban J connectivity index is 1.40. The fourth-order valence-corrected chi connectivity index (χ4v) is 7.02. The molecule has 5 aromatic rings. The summed E-state index contributed by atoms with van der Waals surface area (Å²) in [6, 6.07) is 16.2. The topological polar surface area (TPSA) is 79.6 Å². The van der Waals surface area contributed by atoms with E-state index in [9.17, 15) is 9.59 Å². The summed E-state index contributed by atoms with van der Waals surface area (Å²) in [5.41, 5.74) is 2.38. The summed E-state index contributed by atoms with van der Waals surface area (Å²) in [5.74, 6) is 0.343. The van der Waals surface area contributed by atoms with Gasteiger partial charge in [0.15, 0.2) is 0 Å². The third-order valence-corrected chi connectivity index (χ3v) is 9.11. The van der Waals surface area contributed by atoms with Crippen LogP contribution in [0.25, 0.3) is 26.1 Å². The quantitative estimate of drug-likeness (QED) is 0.300. The molecule has 1 amide bonds. The Hall–Kier alpha value is -3.27. The lowest BCUT2D eigenvalue weighted by atomic mass is 10.1. The Kier molecular flexibility index (Phi) is 6.67. The molecule has 5 heterocycles. The zero-order valence-corrected chi connectivity index (χ0v) is 22.1. The summed E-state index contributed by atoms with van der Waals surface area (Å²) >= 11 is 3.03. The second kappa shape index (κ2) is 10.2. The number of para-hydroxylation sites is 1. The first-order chi connectivity index (χ1) is 18.1. The highest BCUT2D eigenvalue weighted by molar-refractivity contribution is 7.98. The van der Waals surface area contributed by atoms with Crippen LogP contribution in [-0.2, 0) is 5.75 Å². The molecule has 1 atom stereocenters. The van der Waals surface area contributed by atoms with E-state index >= 15 is 0 Å². The van der Waals surface area contributed by atoms with E-state index in [1.165, 1.54) is 24.2 Å². The average molecular weight is 530 g/mol. The first kappa shape index (κ1) is 24.1. The van der Waals surface area contributed by atoms with Crippen molar-refractivity contribution in [3.05, 3.63) is 82.4 Å². The number of amides is 1. The number of likely N-dealkylation sites (tertiary alicyclic amines) is 1. The molecule has 1 aliphatic heterocycles. The number of thioether (sulfide) groups is 1. The van der Waals surface area contributed by atoms with Crippen molar-refractivity contribution < 1.29 is 4.79 Å². The van der Waals surface area contributed by atoms with Crippen LogP contribution in [0.4, 0.5) is 0 Å². The van der Waals surface area contributed by atoms with Gasteiger partial charge in [0.1, 0.15) is 16.0 Å². The Bertz CT molecular complexity index is 1660. The molecule has 188 valence electrons. The predicted molar refractivity (Wildman–Crippen MR) is 151 cm³/mol. The third kappa shape index (κ3) is 4.63. The molecule has 6 rings (SSSR count). The Morgan fingerprint density at radius 2 is 2.05 bits per heavy atom. The van der Waals surface area contributed by atoms with Crippen LogP contribution < -0.4 is 10.7 Å². The number of nitrogens with zero attached hydrogens (tertiary/aromatic N) is 4. The van der Waals surface area contributed by atoms with Crippen molar-refractivity contribution in [1.82, 2.24) is 24.6 Å². The monoisotopic (exact) mass is 529 g/mol.